The summed E-state index contributed by atoms with van der Waals surface area (Å²) in [5.41, 5.74) is 1.07. The van der Waals surface area contributed by atoms with E-state index in [2.05, 4.69) is 0 Å². The molecular formula is C20H22N2O3. The lowest BCUT2D eigenvalue weighted by Gasteiger charge is -2.37. The maximum atomic E-state index is 13.0. The zero-order valence-corrected chi connectivity index (χ0v) is 14.1. The molecule has 130 valence electrons. The van der Waals surface area contributed by atoms with Crippen molar-refractivity contribution < 1.29 is 9.53 Å². The summed E-state index contributed by atoms with van der Waals surface area (Å²) in [6.45, 7) is 1.58. The van der Waals surface area contributed by atoms with E-state index in [1.54, 1.807) is 22.9 Å². The van der Waals surface area contributed by atoms with Gasteiger partial charge in [-0.2, -0.15) is 0 Å². The standard InChI is InChI=1S/C20H22N2O3/c23-19-16(8-5-11-21(19)14-15-6-2-1-3-7-15)20(24)22-12-13-25-18-10-4-9-17(18)22/h1-3,5-8,11,17-18H,4,9-10,12-14H2. The third-order valence-electron chi connectivity index (χ3n) is 5.19. The summed E-state index contributed by atoms with van der Waals surface area (Å²) in [6.07, 6.45) is 4.91. The van der Waals surface area contributed by atoms with Crippen LogP contribution in [0.3, 0.4) is 0 Å². The second kappa shape index (κ2) is 6.84. The van der Waals surface area contributed by atoms with E-state index >= 15 is 0 Å². The van der Waals surface area contributed by atoms with Gasteiger partial charge in [-0.3, -0.25) is 9.59 Å². The van der Waals surface area contributed by atoms with E-state index in [0.29, 0.717) is 19.7 Å². The van der Waals surface area contributed by atoms with E-state index in [1.165, 1.54) is 0 Å². The first-order chi connectivity index (χ1) is 12.2. The number of hydrogen-bond donors (Lipinski definition) is 0. The van der Waals surface area contributed by atoms with E-state index in [9.17, 15) is 9.59 Å². The Bertz CT molecular complexity index is 815. The highest BCUT2D eigenvalue weighted by Crippen LogP contribution is 2.30. The summed E-state index contributed by atoms with van der Waals surface area (Å²) in [4.78, 5) is 27.7. The Kier molecular flexibility index (Phi) is 4.40. The number of nitrogens with zero attached hydrogens (tertiary/aromatic N) is 2. The van der Waals surface area contributed by atoms with Crippen LogP contribution >= 0.6 is 0 Å². The summed E-state index contributed by atoms with van der Waals surface area (Å²) >= 11 is 0. The number of hydrogen-bond acceptors (Lipinski definition) is 3. The number of amides is 1. The normalized spacial score (nSPS) is 22.6. The fourth-order valence-corrected chi connectivity index (χ4v) is 3.94. The molecule has 1 aromatic carbocycles. The lowest BCUT2D eigenvalue weighted by atomic mass is 10.1. The minimum Gasteiger partial charge on any atom is -0.374 e. The Hall–Kier alpha value is -2.40. The number of benzene rings is 1. The van der Waals surface area contributed by atoms with Crippen LogP contribution in [0.25, 0.3) is 0 Å². The number of morpholine rings is 1. The van der Waals surface area contributed by atoms with Gasteiger partial charge in [-0.15, -0.1) is 0 Å². The fraction of sp³-hybridized carbons (Fsp3) is 0.400. The average Bonchev–Trinajstić information content (AvgIpc) is 3.12. The Morgan fingerprint density at radius 1 is 1.12 bits per heavy atom. The number of fused-ring (bicyclic) bond motifs is 1. The van der Waals surface area contributed by atoms with Gasteiger partial charge in [0.25, 0.3) is 11.5 Å². The van der Waals surface area contributed by atoms with Gasteiger partial charge in [-0.05, 0) is 37.0 Å². The van der Waals surface area contributed by atoms with Crippen molar-refractivity contribution in [1.29, 1.82) is 0 Å². The quantitative estimate of drug-likeness (QED) is 0.863. The smallest absolute Gasteiger partial charge is 0.263 e. The number of carbonyl (C=O) groups is 1. The fourth-order valence-electron chi connectivity index (χ4n) is 3.94. The Morgan fingerprint density at radius 3 is 2.80 bits per heavy atom. The van der Waals surface area contributed by atoms with Crippen molar-refractivity contribution in [2.24, 2.45) is 0 Å². The average molecular weight is 338 g/mol. The minimum absolute atomic E-state index is 0.114. The molecule has 1 aliphatic carbocycles. The Balaban J connectivity index is 1.61. The summed E-state index contributed by atoms with van der Waals surface area (Å²) in [7, 11) is 0. The van der Waals surface area contributed by atoms with Crippen LogP contribution in [0.1, 0.15) is 35.2 Å². The first kappa shape index (κ1) is 16.1. The molecule has 5 heteroatoms. The summed E-state index contributed by atoms with van der Waals surface area (Å²) in [5.74, 6) is -0.160. The van der Waals surface area contributed by atoms with Gasteiger partial charge in [-0.1, -0.05) is 30.3 Å². The first-order valence-electron chi connectivity index (χ1n) is 8.90. The largest absolute Gasteiger partial charge is 0.374 e. The van der Waals surface area contributed by atoms with Crippen molar-refractivity contribution in [1.82, 2.24) is 9.47 Å². The molecule has 1 aliphatic heterocycles. The lowest BCUT2D eigenvalue weighted by molar-refractivity contribution is -0.0446. The summed E-state index contributed by atoms with van der Waals surface area (Å²) in [6, 6.07) is 13.3. The highest BCUT2D eigenvalue weighted by Gasteiger charge is 2.39. The zero-order valence-electron chi connectivity index (χ0n) is 14.1. The third-order valence-corrected chi connectivity index (χ3v) is 5.19. The molecular weight excluding hydrogens is 316 g/mol. The number of rotatable bonds is 3. The molecule has 2 fully saturated rings. The van der Waals surface area contributed by atoms with Crippen LogP contribution in [0.15, 0.2) is 53.5 Å². The highest BCUT2D eigenvalue weighted by molar-refractivity contribution is 5.94. The van der Waals surface area contributed by atoms with Crippen molar-refractivity contribution in [2.75, 3.05) is 13.2 Å². The van der Waals surface area contributed by atoms with Gasteiger partial charge in [0.2, 0.25) is 0 Å². The molecule has 2 unspecified atom stereocenters. The van der Waals surface area contributed by atoms with Crippen molar-refractivity contribution in [3.63, 3.8) is 0 Å². The van der Waals surface area contributed by atoms with Crippen LogP contribution in [-0.2, 0) is 11.3 Å². The molecule has 4 rings (SSSR count). The van der Waals surface area contributed by atoms with Gasteiger partial charge in [0.05, 0.1) is 25.3 Å². The Labute approximate surface area is 146 Å². The topological polar surface area (TPSA) is 51.5 Å². The molecule has 2 atom stereocenters. The predicted octanol–water partition coefficient (Wildman–Crippen LogP) is 2.29. The molecule has 1 saturated heterocycles. The SMILES string of the molecule is O=C(c1cccn(Cc2ccccc2)c1=O)N1CCOC2CCCC21. The van der Waals surface area contributed by atoms with Crippen LogP contribution in [0.5, 0.6) is 0 Å². The Morgan fingerprint density at radius 2 is 1.96 bits per heavy atom. The van der Waals surface area contributed by atoms with E-state index in [4.69, 9.17) is 4.74 Å². The van der Waals surface area contributed by atoms with Crippen LogP contribution in [0.4, 0.5) is 0 Å². The van der Waals surface area contributed by atoms with E-state index < -0.39 is 0 Å². The van der Waals surface area contributed by atoms with Crippen molar-refractivity contribution in [3.8, 4) is 0 Å². The second-order valence-corrected chi connectivity index (χ2v) is 6.75. The number of pyridine rings is 1. The molecule has 1 aromatic heterocycles. The molecule has 0 N–H and O–H groups in total. The minimum atomic E-state index is -0.225. The van der Waals surface area contributed by atoms with Gasteiger partial charge >= 0.3 is 0 Å². The van der Waals surface area contributed by atoms with Gasteiger partial charge in [0, 0.05) is 12.7 Å². The molecule has 2 aromatic rings. The highest BCUT2D eigenvalue weighted by atomic mass is 16.5. The maximum Gasteiger partial charge on any atom is 0.263 e. The summed E-state index contributed by atoms with van der Waals surface area (Å²) in [5, 5.41) is 0. The van der Waals surface area contributed by atoms with Gasteiger partial charge in [-0.25, -0.2) is 0 Å². The van der Waals surface area contributed by atoms with Gasteiger partial charge < -0.3 is 14.2 Å². The second-order valence-electron chi connectivity index (χ2n) is 6.75. The molecule has 0 spiro atoms. The van der Waals surface area contributed by atoms with Crippen molar-refractivity contribution in [2.45, 2.75) is 38.0 Å². The molecule has 2 heterocycles. The third kappa shape index (κ3) is 3.12. The molecule has 1 saturated carbocycles. The zero-order chi connectivity index (χ0) is 17.2. The molecule has 2 aliphatic rings. The molecule has 5 nitrogen and oxygen atoms in total. The van der Waals surface area contributed by atoms with Crippen LogP contribution in [0, 0.1) is 0 Å². The van der Waals surface area contributed by atoms with Crippen molar-refractivity contribution in [3.05, 3.63) is 70.1 Å². The van der Waals surface area contributed by atoms with E-state index in [0.717, 1.165) is 24.8 Å². The number of ether oxygens (including phenoxy) is 1. The molecule has 0 radical (unpaired) electrons. The van der Waals surface area contributed by atoms with E-state index in [1.807, 2.05) is 35.2 Å². The van der Waals surface area contributed by atoms with Crippen LogP contribution < -0.4 is 5.56 Å². The number of aromatic nitrogens is 1. The molecule has 25 heavy (non-hydrogen) atoms. The van der Waals surface area contributed by atoms with Crippen LogP contribution in [0.2, 0.25) is 0 Å². The predicted molar refractivity (Wildman–Crippen MR) is 94.7 cm³/mol. The summed E-state index contributed by atoms with van der Waals surface area (Å²) < 4.78 is 7.38. The molecule has 1 amide bonds. The van der Waals surface area contributed by atoms with Gasteiger partial charge in [0.1, 0.15) is 5.56 Å². The molecule has 0 bridgehead atoms. The lowest BCUT2D eigenvalue weighted by Crippen LogP contribution is -2.52. The monoisotopic (exact) mass is 338 g/mol. The van der Waals surface area contributed by atoms with Gasteiger partial charge in [0.15, 0.2) is 0 Å². The van der Waals surface area contributed by atoms with E-state index in [-0.39, 0.29) is 29.2 Å². The van der Waals surface area contributed by atoms with Crippen LogP contribution in [-0.4, -0.2) is 40.7 Å². The maximum absolute atomic E-state index is 13.0. The van der Waals surface area contributed by atoms with Crippen molar-refractivity contribution >= 4 is 5.91 Å². The first-order valence-corrected chi connectivity index (χ1v) is 8.90. The number of carbonyl (C=O) groups excluding carboxylic acids is 1.